The number of carbonyl (C=O) groups excluding carboxylic acids is 2. The van der Waals surface area contributed by atoms with E-state index in [0.717, 1.165) is 5.56 Å². The van der Waals surface area contributed by atoms with Gasteiger partial charge in [-0.25, -0.2) is 0 Å². The van der Waals surface area contributed by atoms with E-state index in [1.165, 1.54) is 19.1 Å². The van der Waals surface area contributed by atoms with Gasteiger partial charge >= 0.3 is 5.97 Å². The SMILES string of the molecule is COC(=O)CN(C)C(=O)c1c(C)cccc1N. The Labute approximate surface area is 100 Å². The lowest BCUT2D eigenvalue weighted by Crippen LogP contribution is -2.33. The Bertz CT molecular complexity index is 423. The second kappa shape index (κ2) is 5.34. The van der Waals surface area contributed by atoms with Crippen LogP contribution >= 0.6 is 0 Å². The monoisotopic (exact) mass is 236 g/mol. The first-order valence-electron chi connectivity index (χ1n) is 5.14. The maximum atomic E-state index is 12.1. The van der Waals surface area contributed by atoms with Crippen LogP contribution in [0.2, 0.25) is 0 Å². The highest BCUT2D eigenvalue weighted by Gasteiger charge is 2.19. The Balaban J connectivity index is 2.93. The molecule has 0 aliphatic carbocycles. The summed E-state index contributed by atoms with van der Waals surface area (Å²) in [5.74, 6) is -0.751. The van der Waals surface area contributed by atoms with Crippen LogP contribution in [0.4, 0.5) is 5.69 Å². The van der Waals surface area contributed by atoms with Gasteiger partial charge in [0.05, 0.1) is 12.7 Å². The quantitative estimate of drug-likeness (QED) is 0.623. The summed E-state index contributed by atoms with van der Waals surface area (Å²) in [5.41, 5.74) is 7.38. The Morgan fingerprint density at radius 2 is 2.06 bits per heavy atom. The fourth-order valence-corrected chi connectivity index (χ4v) is 1.50. The molecule has 1 amide bonds. The highest BCUT2D eigenvalue weighted by Crippen LogP contribution is 2.17. The third-order valence-corrected chi connectivity index (χ3v) is 2.46. The molecule has 5 nitrogen and oxygen atoms in total. The molecular weight excluding hydrogens is 220 g/mol. The molecule has 17 heavy (non-hydrogen) atoms. The number of esters is 1. The summed E-state index contributed by atoms with van der Waals surface area (Å²) in [4.78, 5) is 24.4. The summed E-state index contributed by atoms with van der Waals surface area (Å²) < 4.78 is 4.50. The number of ether oxygens (including phenoxy) is 1. The average molecular weight is 236 g/mol. The number of rotatable bonds is 3. The minimum Gasteiger partial charge on any atom is -0.468 e. The van der Waals surface area contributed by atoms with Crippen LogP contribution in [0, 0.1) is 6.92 Å². The summed E-state index contributed by atoms with van der Waals surface area (Å²) in [7, 11) is 2.81. The van der Waals surface area contributed by atoms with Gasteiger partial charge in [0.1, 0.15) is 6.54 Å². The molecule has 0 radical (unpaired) electrons. The molecule has 0 atom stereocenters. The summed E-state index contributed by atoms with van der Waals surface area (Å²) in [6.07, 6.45) is 0. The lowest BCUT2D eigenvalue weighted by atomic mass is 10.1. The fraction of sp³-hybridized carbons (Fsp3) is 0.333. The van der Waals surface area contributed by atoms with Crippen molar-refractivity contribution in [3.8, 4) is 0 Å². The predicted octanol–water partition coefficient (Wildman–Crippen LogP) is 0.822. The van der Waals surface area contributed by atoms with Crippen molar-refractivity contribution in [1.82, 2.24) is 4.90 Å². The smallest absolute Gasteiger partial charge is 0.325 e. The Morgan fingerprint density at radius 1 is 1.41 bits per heavy atom. The fourth-order valence-electron chi connectivity index (χ4n) is 1.50. The van der Waals surface area contributed by atoms with Crippen LogP contribution in [0.25, 0.3) is 0 Å². The van der Waals surface area contributed by atoms with Gasteiger partial charge in [-0.15, -0.1) is 0 Å². The topological polar surface area (TPSA) is 72.6 Å². The Hall–Kier alpha value is -2.04. The summed E-state index contributed by atoms with van der Waals surface area (Å²) in [6, 6.07) is 5.24. The molecule has 0 heterocycles. The summed E-state index contributed by atoms with van der Waals surface area (Å²) in [5, 5.41) is 0. The van der Waals surface area contributed by atoms with E-state index in [9.17, 15) is 9.59 Å². The molecule has 0 aliphatic heterocycles. The third kappa shape index (κ3) is 2.96. The number of amides is 1. The van der Waals surface area contributed by atoms with Crippen molar-refractivity contribution in [3.63, 3.8) is 0 Å². The van der Waals surface area contributed by atoms with Crippen molar-refractivity contribution >= 4 is 17.6 Å². The number of nitrogens with two attached hydrogens (primary N) is 1. The van der Waals surface area contributed by atoms with Crippen LogP contribution in [-0.2, 0) is 9.53 Å². The molecule has 0 aliphatic rings. The van der Waals surface area contributed by atoms with E-state index in [1.807, 2.05) is 0 Å². The Kier molecular flexibility index (Phi) is 4.09. The first kappa shape index (κ1) is 13.0. The molecule has 0 unspecified atom stereocenters. The first-order chi connectivity index (χ1) is 7.97. The van der Waals surface area contributed by atoms with Gasteiger partial charge in [0.2, 0.25) is 0 Å². The number of methoxy groups -OCH3 is 1. The van der Waals surface area contributed by atoms with Crippen molar-refractivity contribution in [2.45, 2.75) is 6.92 Å². The van der Waals surface area contributed by atoms with E-state index in [2.05, 4.69) is 4.74 Å². The molecule has 92 valence electrons. The molecule has 0 fully saturated rings. The number of aryl methyl sites for hydroxylation is 1. The lowest BCUT2D eigenvalue weighted by Gasteiger charge is -2.18. The molecule has 0 saturated heterocycles. The van der Waals surface area contributed by atoms with Crippen molar-refractivity contribution in [2.75, 3.05) is 26.4 Å². The number of anilines is 1. The maximum Gasteiger partial charge on any atom is 0.325 e. The molecule has 1 aromatic rings. The minimum absolute atomic E-state index is 0.0941. The van der Waals surface area contributed by atoms with Crippen molar-refractivity contribution in [2.24, 2.45) is 0 Å². The summed E-state index contributed by atoms with van der Waals surface area (Å²) in [6.45, 7) is 1.71. The predicted molar refractivity (Wildman–Crippen MR) is 64.6 cm³/mol. The van der Waals surface area contributed by atoms with E-state index < -0.39 is 5.97 Å². The van der Waals surface area contributed by atoms with E-state index in [4.69, 9.17) is 5.73 Å². The molecular formula is C12H16N2O3. The second-order valence-corrected chi connectivity index (χ2v) is 3.78. The van der Waals surface area contributed by atoms with Crippen molar-refractivity contribution < 1.29 is 14.3 Å². The standard InChI is InChI=1S/C12H16N2O3/c1-8-5-4-6-9(13)11(8)12(16)14(2)7-10(15)17-3/h4-6H,7,13H2,1-3H3. The first-order valence-corrected chi connectivity index (χ1v) is 5.14. The molecule has 0 aromatic heterocycles. The van der Waals surface area contributed by atoms with Crippen LogP contribution in [0.5, 0.6) is 0 Å². The lowest BCUT2D eigenvalue weighted by molar-refractivity contribution is -0.141. The second-order valence-electron chi connectivity index (χ2n) is 3.78. The van der Waals surface area contributed by atoms with Gasteiger partial charge in [0.15, 0.2) is 0 Å². The molecule has 0 saturated carbocycles. The van der Waals surface area contributed by atoms with Crippen LogP contribution in [0.3, 0.4) is 0 Å². The zero-order chi connectivity index (χ0) is 13.0. The number of nitrogen functional groups attached to an aromatic ring is 1. The molecule has 0 spiro atoms. The molecule has 0 bridgehead atoms. The van der Waals surface area contributed by atoms with Gasteiger partial charge in [0, 0.05) is 12.7 Å². The van der Waals surface area contributed by atoms with Crippen LogP contribution in [-0.4, -0.2) is 37.5 Å². The normalized spacial score (nSPS) is 9.82. The van der Waals surface area contributed by atoms with Crippen LogP contribution in [0.15, 0.2) is 18.2 Å². The van der Waals surface area contributed by atoms with E-state index in [1.54, 1.807) is 25.1 Å². The van der Waals surface area contributed by atoms with Crippen LogP contribution < -0.4 is 5.73 Å². The van der Waals surface area contributed by atoms with Gasteiger partial charge in [-0.3, -0.25) is 9.59 Å². The maximum absolute atomic E-state index is 12.1. The van der Waals surface area contributed by atoms with E-state index in [-0.39, 0.29) is 12.5 Å². The van der Waals surface area contributed by atoms with E-state index >= 15 is 0 Å². The molecule has 1 aromatic carbocycles. The highest BCUT2D eigenvalue weighted by atomic mass is 16.5. The largest absolute Gasteiger partial charge is 0.468 e. The van der Waals surface area contributed by atoms with E-state index in [0.29, 0.717) is 11.3 Å². The number of carbonyl (C=O) groups is 2. The zero-order valence-corrected chi connectivity index (χ0v) is 10.2. The average Bonchev–Trinajstić information content (AvgIpc) is 2.28. The molecule has 5 heteroatoms. The van der Waals surface area contributed by atoms with Gasteiger partial charge < -0.3 is 15.4 Å². The van der Waals surface area contributed by atoms with Gasteiger partial charge in [-0.2, -0.15) is 0 Å². The van der Waals surface area contributed by atoms with Gasteiger partial charge in [-0.1, -0.05) is 12.1 Å². The van der Waals surface area contributed by atoms with Crippen molar-refractivity contribution in [1.29, 1.82) is 0 Å². The number of hydrogen-bond donors (Lipinski definition) is 1. The summed E-state index contributed by atoms with van der Waals surface area (Å²) >= 11 is 0. The van der Waals surface area contributed by atoms with Gasteiger partial charge in [0.25, 0.3) is 5.91 Å². The zero-order valence-electron chi connectivity index (χ0n) is 10.2. The van der Waals surface area contributed by atoms with Gasteiger partial charge in [-0.05, 0) is 18.6 Å². The minimum atomic E-state index is -0.465. The highest BCUT2D eigenvalue weighted by molar-refractivity contribution is 6.01. The number of nitrogens with zero attached hydrogens (tertiary/aromatic N) is 1. The molecule has 1 rings (SSSR count). The number of likely N-dealkylation sites (N-methyl/N-ethyl adjacent to an activating group) is 1. The van der Waals surface area contributed by atoms with Crippen LogP contribution in [0.1, 0.15) is 15.9 Å². The third-order valence-electron chi connectivity index (χ3n) is 2.46. The molecule has 2 N–H and O–H groups in total. The number of hydrogen-bond acceptors (Lipinski definition) is 4. The Morgan fingerprint density at radius 3 is 2.59 bits per heavy atom. The van der Waals surface area contributed by atoms with Crippen molar-refractivity contribution in [3.05, 3.63) is 29.3 Å². The number of benzene rings is 1.